The number of guanidine groups is 1. The van der Waals surface area contributed by atoms with E-state index in [4.69, 9.17) is 10.5 Å². The zero-order valence-corrected chi connectivity index (χ0v) is 8.05. The quantitative estimate of drug-likeness (QED) is 0.612. The first-order chi connectivity index (χ1) is 6.24. The van der Waals surface area contributed by atoms with Crippen LogP contribution in [0.3, 0.4) is 0 Å². The summed E-state index contributed by atoms with van der Waals surface area (Å²) in [6.07, 6.45) is 3.51. The van der Waals surface area contributed by atoms with Gasteiger partial charge < -0.3 is 15.8 Å². The van der Waals surface area contributed by atoms with Gasteiger partial charge in [0.15, 0.2) is 5.96 Å². The summed E-state index contributed by atoms with van der Waals surface area (Å²) in [5.74, 6) is 0.594. The fraction of sp³-hybridized carbons (Fsp3) is 0.889. The smallest absolute Gasteiger partial charge is 0.189 e. The van der Waals surface area contributed by atoms with Gasteiger partial charge in [-0.05, 0) is 19.3 Å². The Labute approximate surface area is 78.5 Å². The van der Waals surface area contributed by atoms with Gasteiger partial charge in [-0.3, -0.25) is 4.99 Å². The van der Waals surface area contributed by atoms with E-state index in [2.05, 4.69) is 17.2 Å². The second-order valence-corrected chi connectivity index (χ2v) is 3.96. The number of rotatable bonds is 1. The average molecular weight is 183 g/mol. The molecule has 13 heavy (non-hydrogen) atoms. The topological polar surface area (TPSA) is 59.6 Å². The van der Waals surface area contributed by atoms with Gasteiger partial charge in [-0.25, -0.2) is 0 Å². The van der Waals surface area contributed by atoms with E-state index in [0.717, 1.165) is 32.4 Å². The van der Waals surface area contributed by atoms with E-state index in [1.165, 1.54) is 0 Å². The molecule has 3 N–H and O–H groups in total. The van der Waals surface area contributed by atoms with Crippen molar-refractivity contribution in [3.05, 3.63) is 0 Å². The van der Waals surface area contributed by atoms with Gasteiger partial charge in [0.25, 0.3) is 0 Å². The van der Waals surface area contributed by atoms with Crippen LogP contribution in [-0.4, -0.2) is 30.8 Å². The normalized spacial score (nSPS) is 38.8. The van der Waals surface area contributed by atoms with Gasteiger partial charge in [0.2, 0.25) is 0 Å². The highest BCUT2D eigenvalue weighted by atomic mass is 16.5. The molecule has 2 atom stereocenters. The minimum Gasteiger partial charge on any atom is -0.378 e. The lowest BCUT2D eigenvalue weighted by Crippen LogP contribution is -2.53. The van der Waals surface area contributed by atoms with Gasteiger partial charge in [-0.15, -0.1) is 0 Å². The summed E-state index contributed by atoms with van der Waals surface area (Å²) >= 11 is 0. The maximum Gasteiger partial charge on any atom is 0.189 e. The molecule has 1 spiro atoms. The molecule has 2 aliphatic rings. The Bertz CT molecular complexity index is 229. The van der Waals surface area contributed by atoms with Crippen LogP contribution in [0.1, 0.15) is 26.2 Å². The predicted octanol–water partition coefficient (Wildman–Crippen LogP) is 0.232. The van der Waals surface area contributed by atoms with E-state index < -0.39 is 0 Å². The molecule has 2 unspecified atom stereocenters. The van der Waals surface area contributed by atoms with E-state index in [1.807, 2.05) is 0 Å². The van der Waals surface area contributed by atoms with Crippen LogP contribution in [0.5, 0.6) is 0 Å². The Morgan fingerprint density at radius 2 is 2.62 bits per heavy atom. The van der Waals surface area contributed by atoms with E-state index >= 15 is 0 Å². The second kappa shape index (κ2) is 3.18. The Hall–Kier alpha value is -0.770. The third-order valence-corrected chi connectivity index (χ3v) is 2.95. The summed E-state index contributed by atoms with van der Waals surface area (Å²) < 4.78 is 5.62. The first kappa shape index (κ1) is 8.81. The number of nitrogens with two attached hydrogens (primary N) is 1. The average Bonchev–Trinajstić information content (AvgIpc) is 2.47. The molecule has 4 heteroatoms. The molecule has 2 rings (SSSR count). The standard InChI is InChI=1S/C9H17N3O/c1-2-7-5-9(3-4-13-7)6-11-8(10)12-9/h7H,2-6H2,1H3,(H3,10,11,12). The summed E-state index contributed by atoms with van der Waals surface area (Å²) in [5, 5.41) is 3.28. The number of nitrogens with zero attached hydrogens (tertiary/aromatic N) is 1. The Morgan fingerprint density at radius 1 is 1.77 bits per heavy atom. The monoisotopic (exact) mass is 183 g/mol. The van der Waals surface area contributed by atoms with Crippen LogP contribution < -0.4 is 11.1 Å². The highest BCUT2D eigenvalue weighted by molar-refractivity contribution is 5.80. The Balaban J connectivity index is 2.00. The lowest BCUT2D eigenvalue weighted by atomic mass is 9.86. The van der Waals surface area contributed by atoms with Gasteiger partial charge >= 0.3 is 0 Å². The largest absolute Gasteiger partial charge is 0.378 e. The van der Waals surface area contributed by atoms with E-state index in [9.17, 15) is 0 Å². The predicted molar refractivity (Wildman–Crippen MR) is 51.6 cm³/mol. The molecule has 0 saturated carbocycles. The van der Waals surface area contributed by atoms with Crippen LogP contribution in [-0.2, 0) is 4.74 Å². The third kappa shape index (κ3) is 1.63. The zero-order valence-electron chi connectivity index (χ0n) is 8.05. The third-order valence-electron chi connectivity index (χ3n) is 2.95. The second-order valence-electron chi connectivity index (χ2n) is 3.96. The molecular formula is C9H17N3O. The molecular weight excluding hydrogens is 166 g/mol. The van der Waals surface area contributed by atoms with Crippen LogP contribution >= 0.6 is 0 Å². The summed E-state index contributed by atoms with van der Waals surface area (Å²) in [5.41, 5.74) is 5.74. The molecule has 2 aliphatic heterocycles. The van der Waals surface area contributed by atoms with Crippen molar-refractivity contribution in [2.24, 2.45) is 10.7 Å². The van der Waals surface area contributed by atoms with Crippen molar-refractivity contribution in [1.82, 2.24) is 5.32 Å². The molecule has 1 fully saturated rings. The van der Waals surface area contributed by atoms with Crippen LogP contribution in [0.4, 0.5) is 0 Å². The molecule has 0 bridgehead atoms. The van der Waals surface area contributed by atoms with Crippen molar-refractivity contribution in [3.63, 3.8) is 0 Å². The fourth-order valence-electron chi connectivity index (χ4n) is 2.12. The molecule has 74 valence electrons. The molecule has 0 aromatic rings. The lowest BCUT2D eigenvalue weighted by Gasteiger charge is -2.37. The van der Waals surface area contributed by atoms with Gasteiger partial charge in [-0.1, -0.05) is 6.92 Å². The van der Waals surface area contributed by atoms with Crippen molar-refractivity contribution in [2.45, 2.75) is 37.8 Å². The molecule has 0 radical (unpaired) electrons. The summed E-state index contributed by atoms with van der Waals surface area (Å²) in [6, 6.07) is 0. The Kier molecular flexibility index (Phi) is 2.15. The fourth-order valence-corrected chi connectivity index (χ4v) is 2.12. The first-order valence-corrected chi connectivity index (χ1v) is 4.94. The van der Waals surface area contributed by atoms with E-state index in [0.29, 0.717) is 12.1 Å². The minimum absolute atomic E-state index is 0.114. The van der Waals surface area contributed by atoms with Crippen LogP contribution in [0.25, 0.3) is 0 Å². The van der Waals surface area contributed by atoms with Crippen molar-refractivity contribution in [3.8, 4) is 0 Å². The highest BCUT2D eigenvalue weighted by Crippen LogP contribution is 2.28. The summed E-state index contributed by atoms with van der Waals surface area (Å²) in [6.45, 7) is 3.80. The lowest BCUT2D eigenvalue weighted by molar-refractivity contribution is -0.0207. The molecule has 0 amide bonds. The van der Waals surface area contributed by atoms with Crippen molar-refractivity contribution >= 4 is 5.96 Å². The summed E-state index contributed by atoms with van der Waals surface area (Å²) in [7, 11) is 0. The first-order valence-electron chi connectivity index (χ1n) is 4.94. The number of nitrogens with one attached hydrogen (secondary N) is 1. The minimum atomic E-state index is 0.114. The van der Waals surface area contributed by atoms with Gasteiger partial charge in [0, 0.05) is 6.61 Å². The van der Waals surface area contributed by atoms with Crippen LogP contribution in [0, 0.1) is 0 Å². The number of ether oxygens (including phenoxy) is 1. The molecule has 0 aromatic carbocycles. The van der Waals surface area contributed by atoms with Crippen molar-refractivity contribution < 1.29 is 4.74 Å². The van der Waals surface area contributed by atoms with Crippen molar-refractivity contribution in [2.75, 3.05) is 13.2 Å². The maximum absolute atomic E-state index is 5.63. The summed E-state index contributed by atoms with van der Waals surface area (Å²) in [4.78, 5) is 4.21. The highest BCUT2D eigenvalue weighted by Gasteiger charge is 2.39. The zero-order chi connectivity index (χ0) is 9.31. The van der Waals surface area contributed by atoms with Crippen LogP contribution in [0.15, 0.2) is 4.99 Å². The molecule has 0 aromatic heterocycles. The number of hydrogen-bond donors (Lipinski definition) is 2. The molecule has 4 nitrogen and oxygen atoms in total. The molecule has 1 saturated heterocycles. The maximum atomic E-state index is 5.63. The molecule has 2 heterocycles. The molecule has 0 aliphatic carbocycles. The Morgan fingerprint density at radius 3 is 3.23 bits per heavy atom. The van der Waals surface area contributed by atoms with Crippen molar-refractivity contribution in [1.29, 1.82) is 0 Å². The van der Waals surface area contributed by atoms with E-state index in [1.54, 1.807) is 0 Å². The SMILES string of the molecule is CCC1CC2(CCO1)CN=C(N)N2. The number of aliphatic imine (C=N–C) groups is 1. The van der Waals surface area contributed by atoms with Gasteiger partial charge in [0.1, 0.15) is 0 Å². The van der Waals surface area contributed by atoms with Crippen LogP contribution in [0.2, 0.25) is 0 Å². The van der Waals surface area contributed by atoms with Gasteiger partial charge in [-0.2, -0.15) is 0 Å². The van der Waals surface area contributed by atoms with Gasteiger partial charge in [0.05, 0.1) is 18.2 Å². The number of hydrogen-bond acceptors (Lipinski definition) is 4. The van der Waals surface area contributed by atoms with E-state index in [-0.39, 0.29) is 5.54 Å².